The molecule has 1 aromatic rings. The van der Waals surface area contributed by atoms with Crippen LogP contribution in [0.15, 0.2) is 30.3 Å². The molecule has 110 valence electrons. The molecular weight excluding hydrogens is 250 g/mol. The summed E-state index contributed by atoms with van der Waals surface area (Å²) in [5.41, 5.74) is 1.01. The van der Waals surface area contributed by atoms with Crippen molar-refractivity contribution in [3.63, 3.8) is 0 Å². The zero-order valence-corrected chi connectivity index (χ0v) is 12.0. The molecule has 0 saturated carbocycles. The fraction of sp³-hybridized carbons (Fsp3) is 0.647. The van der Waals surface area contributed by atoms with Crippen LogP contribution >= 0.6 is 0 Å². The molecule has 2 bridgehead atoms. The number of aliphatic hydroxyl groups is 2. The third-order valence-corrected chi connectivity index (χ3v) is 4.95. The van der Waals surface area contributed by atoms with Gasteiger partial charge in [0.2, 0.25) is 0 Å². The Hall–Kier alpha value is -0.900. The average Bonchev–Trinajstić information content (AvgIpc) is 2.45. The summed E-state index contributed by atoms with van der Waals surface area (Å²) in [5.74, 6) is 0. The van der Waals surface area contributed by atoms with Crippen molar-refractivity contribution in [1.82, 2.24) is 4.90 Å². The number of piperidine rings is 2. The fourth-order valence-corrected chi connectivity index (χ4v) is 3.93. The normalized spacial score (nSPS) is 32.0. The van der Waals surface area contributed by atoms with Gasteiger partial charge >= 0.3 is 0 Å². The van der Waals surface area contributed by atoms with Crippen LogP contribution in [0.3, 0.4) is 0 Å². The SMILES string of the molecule is OC1C[C@H]2CCC[C@@H](C1)N2CC[C@@H](O)c1ccccc1. The summed E-state index contributed by atoms with van der Waals surface area (Å²) in [6.45, 7) is 0.943. The van der Waals surface area contributed by atoms with Gasteiger partial charge in [0.25, 0.3) is 0 Å². The highest BCUT2D eigenvalue weighted by molar-refractivity contribution is 5.17. The van der Waals surface area contributed by atoms with Crippen LogP contribution in [0.5, 0.6) is 0 Å². The Kier molecular flexibility index (Phi) is 4.39. The van der Waals surface area contributed by atoms with E-state index in [9.17, 15) is 10.2 Å². The van der Waals surface area contributed by atoms with Gasteiger partial charge in [0.05, 0.1) is 12.2 Å². The van der Waals surface area contributed by atoms with Gasteiger partial charge in [-0.2, -0.15) is 0 Å². The first-order chi connectivity index (χ1) is 9.74. The van der Waals surface area contributed by atoms with Crippen LogP contribution in [-0.2, 0) is 0 Å². The number of hydrogen-bond acceptors (Lipinski definition) is 3. The van der Waals surface area contributed by atoms with Crippen molar-refractivity contribution >= 4 is 0 Å². The second kappa shape index (κ2) is 6.25. The van der Waals surface area contributed by atoms with E-state index in [4.69, 9.17) is 0 Å². The van der Waals surface area contributed by atoms with E-state index in [0.717, 1.165) is 31.4 Å². The Morgan fingerprint density at radius 2 is 1.75 bits per heavy atom. The molecule has 2 heterocycles. The molecule has 2 fully saturated rings. The van der Waals surface area contributed by atoms with Crippen LogP contribution in [0.4, 0.5) is 0 Å². The fourth-order valence-electron chi connectivity index (χ4n) is 3.93. The lowest BCUT2D eigenvalue weighted by Crippen LogP contribution is -2.53. The summed E-state index contributed by atoms with van der Waals surface area (Å²) in [4.78, 5) is 2.54. The van der Waals surface area contributed by atoms with Crippen molar-refractivity contribution in [3.8, 4) is 0 Å². The van der Waals surface area contributed by atoms with Crippen molar-refractivity contribution in [2.75, 3.05) is 6.54 Å². The molecule has 3 heteroatoms. The highest BCUT2D eigenvalue weighted by Gasteiger charge is 2.37. The number of aliphatic hydroxyl groups excluding tert-OH is 2. The van der Waals surface area contributed by atoms with Crippen LogP contribution in [-0.4, -0.2) is 39.8 Å². The number of nitrogens with zero attached hydrogens (tertiary/aromatic N) is 1. The lowest BCUT2D eigenvalue weighted by atomic mass is 9.82. The van der Waals surface area contributed by atoms with Gasteiger partial charge in [-0.1, -0.05) is 36.8 Å². The molecule has 0 aromatic heterocycles. The van der Waals surface area contributed by atoms with Gasteiger partial charge in [0.15, 0.2) is 0 Å². The standard InChI is InChI=1S/C17H25NO2/c19-16-11-14-7-4-8-15(12-16)18(14)10-9-17(20)13-5-2-1-3-6-13/h1-3,5-6,14-17,19-20H,4,7-12H2/t14-,15+,16?,17-/m1/s1. The topological polar surface area (TPSA) is 43.7 Å². The zero-order chi connectivity index (χ0) is 13.9. The van der Waals surface area contributed by atoms with Gasteiger partial charge in [0, 0.05) is 18.6 Å². The average molecular weight is 275 g/mol. The number of benzene rings is 1. The minimum atomic E-state index is -0.372. The van der Waals surface area contributed by atoms with Gasteiger partial charge in [-0.15, -0.1) is 0 Å². The molecule has 2 aliphatic rings. The first kappa shape index (κ1) is 14.1. The predicted octanol–water partition coefficient (Wildman–Crippen LogP) is 2.49. The Labute approximate surface area is 121 Å². The maximum Gasteiger partial charge on any atom is 0.0802 e. The molecular formula is C17H25NO2. The Morgan fingerprint density at radius 1 is 1.10 bits per heavy atom. The number of fused-ring (bicyclic) bond motifs is 2. The van der Waals surface area contributed by atoms with E-state index in [0.29, 0.717) is 12.1 Å². The lowest BCUT2D eigenvalue weighted by molar-refractivity contribution is -0.0320. The minimum absolute atomic E-state index is 0.111. The first-order valence-corrected chi connectivity index (χ1v) is 7.91. The lowest BCUT2D eigenvalue weighted by Gasteiger charge is -2.48. The zero-order valence-electron chi connectivity index (χ0n) is 12.0. The predicted molar refractivity (Wildman–Crippen MR) is 79.4 cm³/mol. The van der Waals surface area contributed by atoms with Crippen LogP contribution < -0.4 is 0 Å². The molecule has 2 N–H and O–H groups in total. The van der Waals surface area contributed by atoms with Crippen LogP contribution in [0, 0.1) is 0 Å². The van der Waals surface area contributed by atoms with Crippen LogP contribution in [0.1, 0.15) is 50.2 Å². The van der Waals surface area contributed by atoms with Crippen LogP contribution in [0.2, 0.25) is 0 Å². The molecule has 3 nitrogen and oxygen atoms in total. The second-order valence-corrected chi connectivity index (χ2v) is 6.32. The molecule has 0 spiro atoms. The van der Waals surface area contributed by atoms with E-state index < -0.39 is 0 Å². The molecule has 0 radical (unpaired) electrons. The van der Waals surface area contributed by atoms with Gasteiger partial charge in [-0.05, 0) is 37.7 Å². The monoisotopic (exact) mass is 275 g/mol. The molecule has 1 unspecified atom stereocenters. The van der Waals surface area contributed by atoms with Crippen LogP contribution in [0.25, 0.3) is 0 Å². The van der Waals surface area contributed by atoms with Gasteiger partial charge in [-0.3, -0.25) is 4.90 Å². The summed E-state index contributed by atoms with van der Waals surface area (Å²) in [6, 6.07) is 11.0. The molecule has 3 rings (SSSR count). The summed E-state index contributed by atoms with van der Waals surface area (Å²) in [6.07, 6.45) is 5.83. The molecule has 1 aromatic carbocycles. The highest BCUT2D eigenvalue weighted by Crippen LogP contribution is 2.34. The number of rotatable bonds is 4. The highest BCUT2D eigenvalue weighted by atomic mass is 16.3. The Morgan fingerprint density at radius 3 is 2.40 bits per heavy atom. The maximum atomic E-state index is 10.3. The molecule has 2 aliphatic heterocycles. The third kappa shape index (κ3) is 3.05. The molecule has 20 heavy (non-hydrogen) atoms. The van der Waals surface area contributed by atoms with Crippen molar-refractivity contribution in [1.29, 1.82) is 0 Å². The minimum Gasteiger partial charge on any atom is -0.393 e. The smallest absolute Gasteiger partial charge is 0.0802 e. The van der Waals surface area contributed by atoms with Crippen molar-refractivity contribution in [2.24, 2.45) is 0 Å². The van der Waals surface area contributed by atoms with Crippen molar-refractivity contribution in [2.45, 2.75) is 62.8 Å². The summed E-state index contributed by atoms with van der Waals surface area (Å²) >= 11 is 0. The maximum absolute atomic E-state index is 10.3. The Balaban J connectivity index is 1.58. The van der Waals surface area contributed by atoms with Gasteiger partial charge < -0.3 is 10.2 Å². The summed E-state index contributed by atoms with van der Waals surface area (Å²) in [7, 11) is 0. The first-order valence-electron chi connectivity index (χ1n) is 7.91. The Bertz CT molecular complexity index is 408. The van der Waals surface area contributed by atoms with E-state index in [2.05, 4.69) is 4.90 Å². The number of hydrogen-bond donors (Lipinski definition) is 2. The van der Waals surface area contributed by atoms with Crippen molar-refractivity contribution < 1.29 is 10.2 Å². The van der Waals surface area contributed by atoms with E-state index >= 15 is 0 Å². The third-order valence-electron chi connectivity index (χ3n) is 4.95. The van der Waals surface area contributed by atoms with Gasteiger partial charge in [-0.25, -0.2) is 0 Å². The molecule has 0 aliphatic carbocycles. The second-order valence-electron chi connectivity index (χ2n) is 6.32. The molecule has 4 atom stereocenters. The largest absolute Gasteiger partial charge is 0.393 e. The van der Waals surface area contributed by atoms with Gasteiger partial charge in [0.1, 0.15) is 0 Å². The summed E-state index contributed by atoms with van der Waals surface area (Å²) < 4.78 is 0. The van der Waals surface area contributed by atoms with E-state index in [1.165, 1.54) is 19.3 Å². The molecule has 0 amide bonds. The van der Waals surface area contributed by atoms with E-state index in [1.807, 2.05) is 30.3 Å². The van der Waals surface area contributed by atoms with E-state index in [1.54, 1.807) is 0 Å². The molecule has 2 saturated heterocycles. The quantitative estimate of drug-likeness (QED) is 0.887. The van der Waals surface area contributed by atoms with E-state index in [-0.39, 0.29) is 12.2 Å². The van der Waals surface area contributed by atoms with Crippen molar-refractivity contribution in [3.05, 3.63) is 35.9 Å². The summed E-state index contributed by atoms with van der Waals surface area (Å²) in [5, 5.41) is 20.2.